The van der Waals surface area contributed by atoms with Crippen LogP contribution < -0.4 is 0 Å². The summed E-state index contributed by atoms with van der Waals surface area (Å²) in [6.07, 6.45) is 0.455. The first kappa shape index (κ1) is 25.4. The zero-order valence-corrected chi connectivity index (χ0v) is 21.3. The maximum Gasteiger partial charge on any atom is 0.397 e. The van der Waals surface area contributed by atoms with Crippen LogP contribution in [0.1, 0.15) is 48.0 Å². The van der Waals surface area contributed by atoms with Crippen molar-refractivity contribution in [1.82, 2.24) is 34.7 Å². The van der Waals surface area contributed by atoms with Gasteiger partial charge in [0, 0.05) is 68.2 Å². The van der Waals surface area contributed by atoms with Crippen LogP contribution in [0.5, 0.6) is 0 Å². The van der Waals surface area contributed by atoms with Gasteiger partial charge in [0.1, 0.15) is 18.6 Å². The van der Waals surface area contributed by atoms with Gasteiger partial charge in [0.15, 0.2) is 0 Å². The SMILES string of the molecule is O=C(CC(F)(F)F)N1CCN(Cc2ccnc(Cc3nc4ccc(-c5cc(C6CC6)ncn5)cc4[nH]3)c2)CC1. The molecule has 1 N–H and O–H groups in total. The number of carbonyl (C=O) groups is 1. The Morgan fingerprint density at radius 2 is 1.82 bits per heavy atom. The minimum atomic E-state index is -4.47. The number of aromatic nitrogens is 5. The number of piperazine rings is 1. The van der Waals surface area contributed by atoms with Crippen LogP contribution in [0.25, 0.3) is 22.3 Å². The predicted octanol–water partition coefficient (Wildman–Crippen LogP) is 4.48. The van der Waals surface area contributed by atoms with Gasteiger partial charge in [-0.1, -0.05) is 6.07 Å². The molecular weight excluding hydrogens is 507 g/mol. The van der Waals surface area contributed by atoms with Gasteiger partial charge in [0.05, 0.1) is 16.7 Å². The Kier molecular flexibility index (Phi) is 6.76. The molecule has 1 aliphatic carbocycles. The molecule has 11 heteroatoms. The molecule has 1 amide bonds. The number of fused-ring (bicyclic) bond motifs is 1. The fraction of sp³-hybridized carbons (Fsp3) is 0.393. The smallest absolute Gasteiger partial charge is 0.342 e. The number of hydrogen-bond acceptors (Lipinski definition) is 6. The van der Waals surface area contributed by atoms with Crippen molar-refractivity contribution in [3.63, 3.8) is 0 Å². The highest BCUT2D eigenvalue weighted by Gasteiger charge is 2.34. The molecule has 6 rings (SSSR count). The number of rotatable bonds is 7. The van der Waals surface area contributed by atoms with E-state index in [0.717, 1.165) is 45.1 Å². The second kappa shape index (κ2) is 10.4. The third kappa shape index (κ3) is 6.25. The largest absolute Gasteiger partial charge is 0.397 e. The molecule has 8 nitrogen and oxygen atoms in total. The van der Waals surface area contributed by atoms with E-state index in [0.29, 0.717) is 45.1 Å². The summed E-state index contributed by atoms with van der Waals surface area (Å²) in [5, 5.41) is 0. The maximum absolute atomic E-state index is 12.5. The van der Waals surface area contributed by atoms with E-state index in [1.54, 1.807) is 12.5 Å². The summed E-state index contributed by atoms with van der Waals surface area (Å²) in [6.45, 7) is 2.29. The lowest BCUT2D eigenvalue weighted by Gasteiger charge is -2.35. The summed E-state index contributed by atoms with van der Waals surface area (Å²) in [6, 6.07) is 12.1. The number of aromatic amines is 1. The first-order valence-electron chi connectivity index (χ1n) is 13.1. The second-order valence-electron chi connectivity index (χ2n) is 10.3. The van der Waals surface area contributed by atoms with Crippen LogP contribution in [0.3, 0.4) is 0 Å². The van der Waals surface area contributed by atoms with Gasteiger partial charge in [0.2, 0.25) is 5.91 Å². The molecule has 1 aliphatic heterocycles. The second-order valence-corrected chi connectivity index (χ2v) is 10.3. The first-order valence-corrected chi connectivity index (χ1v) is 13.1. The molecule has 1 saturated carbocycles. The van der Waals surface area contributed by atoms with Crippen molar-refractivity contribution >= 4 is 16.9 Å². The third-order valence-electron chi connectivity index (χ3n) is 7.22. The summed E-state index contributed by atoms with van der Waals surface area (Å²) in [5.74, 6) is 0.519. The molecule has 3 aromatic heterocycles. The number of pyridine rings is 1. The Bertz CT molecular complexity index is 1490. The van der Waals surface area contributed by atoms with Crippen molar-refractivity contribution in [3.05, 3.63) is 71.7 Å². The summed E-state index contributed by atoms with van der Waals surface area (Å²) in [7, 11) is 0. The Balaban J connectivity index is 1.09. The number of hydrogen-bond donors (Lipinski definition) is 1. The minimum Gasteiger partial charge on any atom is -0.342 e. The van der Waals surface area contributed by atoms with Crippen LogP contribution in [-0.4, -0.2) is 73.0 Å². The number of nitrogens with zero attached hydrogens (tertiary/aromatic N) is 6. The van der Waals surface area contributed by atoms with Crippen LogP contribution in [0.4, 0.5) is 13.2 Å². The molecule has 0 atom stereocenters. The van der Waals surface area contributed by atoms with E-state index in [1.165, 1.54) is 17.7 Å². The average Bonchev–Trinajstić information content (AvgIpc) is 3.68. The Morgan fingerprint density at radius 3 is 2.59 bits per heavy atom. The van der Waals surface area contributed by atoms with Gasteiger partial charge < -0.3 is 9.88 Å². The summed E-state index contributed by atoms with van der Waals surface area (Å²) >= 11 is 0. The molecule has 202 valence electrons. The van der Waals surface area contributed by atoms with Crippen LogP contribution in [-0.2, 0) is 17.8 Å². The van der Waals surface area contributed by atoms with Gasteiger partial charge in [-0.3, -0.25) is 14.7 Å². The van der Waals surface area contributed by atoms with Crippen molar-refractivity contribution in [2.45, 2.75) is 44.3 Å². The molecule has 1 aromatic carbocycles. The molecule has 4 aromatic rings. The Labute approximate surface area is 223 Å². The molecule has 2 fully saturated rings. The lowest BCUT2D eigenvalue weighted by Crippen LogP contribution is -2.49. The van der Waals surface area contributed by atoms with Gasteiger partial charge in [-0.15, -0.1) is 0 Å². The van der Waals surface area contributed by atoms with Gasteiger partial charge in [-0.25, -0.2) is 15.0 Å². The minimum absolute atomic E-state index is 0.296. The van der Waals surface area contributed by atoms with Crippen molar-refractivity contribution in [2.75, 3.05) is 26.2 Å². The lowest BCUT2D eigenvalue weighted by molar-refractivity contribution is -0.162. The molecule has 0 spiro atoms. The highest BCUT2D eigenvalue weighted by molar-refractivity contribution is 5.81. The molecule has 2 aliphatic rings. The molecule has 4 heterocycles. The van der Waals surface area contributed by atoms with E-state index >= 15 is 0 Å². The highest BCUT2D eigenvalue weighted by atomic mass is 19.4. The van der Waals surface area contributed by atoms with E-state index in [1.807, 2.05) is 24.3 Å². The Morgan fingerprint density at radius 1 is 1.00 bits per heavy atom. The highest BCUT2D eigenvalue weighted by Crippen LogP contribution is 2.39. The fourth-order valence-electron chi connectivity index (χ4n) is 5.03. The Hall–Kier alpha value is -3.86. The normalized spacial score (nSPS) is 16.6. The van der Waals surface area contributed by atoms with Gasteiger partial charge in [-0.2, -0.15) is 13.2 Å². The van der Waals surface area contributed by atoms with Crippen LogP contribution in [0, 0.1) is 0 Å². The van der Waals surface area contributed by atoms with E-state index in [-0.39, 0.29) is 0 Å². The molecule has 0 bridgehead atoms. The predicted molar refractivity (Wildman–Crippen MR) is 139 cm³/mol. The number of halogens is 3. The van der Waals surface area contributed by atoms with Gasteiger partial charge in [-0.05, 0) is 48.7 Å². The maximum atomic E-state index is 12.5. The van der Waals surface area contributed by atoms with E-state index in [9.17, 15) is 18.0 Å². The number of amides is 1. The van der Waals surface area contributed by atoms with Crippen molar-refractivity contribution in [2.24, 2.45) is 0 Å². The number of H-pyrrole nitrogens is 1. The summed E-state index contributed by atoms with van der Waals surface area (Å²) < 4.78 is 37.6. The van der Waals surface area contributed by atoms with Crippen molar-refractivity contribution in [1.29, 1.82) is 0 Å². The van der Waals surface area contributed by atoms with E-state index in [2.05, 4.69) is 37.0 Å². The molecule has 39 heavy (non-hydrogen) atoms. The average molecular weight is 536 g/mol. The van der Waals surface area contributed by atoms with E-state index in [4.69, 9.17) is 4.98 Å². The number of imidazole rings is 1. The van der Waals surface area contributed by atoms with Crippen LogP contribution in [0.15, 0.2) is 48.9 Å². The lowest BCUT2D eigenvalue weighted by atomic mass is 10.1. The summed E-state index contributed by atoms with van der Waals surface area (Å²) in [5.41, 5.74) is 6.77. The monoisotopic (exact) mass is 535 g/mol. The molecular formula is C28H28F3N7O. The standard InChI is InChI=1S/C28H28F3N7O/c29-28(30,31)15-27(39)38-9-7-37(8-10-38)16-18-5-6-32-21(11-18)13-26-35-22-4-3-20(12-25(22)36-26)24-14-23(19-1-2-19)33-17-34-24/h3-6,11-12,14,17,19H,1-2,7-10,13,15-16H2,(H,35,36). The number of alkyl halides is 3. The quantitative estimate of drug-likeness (QED) is 0.375. The molecule has 0 radical (unpaired) electrons. The van der Waals surface area contributed by atoms with Gasteiger partial charge >= 0.3 is 6.18 Å². The topological polar surface area (TPSA) is 90.9 Å². The number of nitrogens with one attached hydrogen (secondary N) is 1. The van der Waals surface area contributed by atoms with Crippen molar-refractivity contribution < 1.29 is 18.0 Å². The van der Waals surface area contributed by atoms with E-state index < -0.39 is 18.5 Å². The third-order valence-corrected chi connectivity index (χ3v) is 7.22. The van der Waals surface area contributed by atoms with Crippen LogP contribution in [0.2, 0.25) is 0 Å². The zero-order chi connectivity index (χ0) is 27.0. The van der Waals surface area contributed by atoms with Crippen molar-refractivity contribution in [3.8, 4) is 11.3 Å². The number of benzene rings is 1. The van der Waals surface area contributed by atoms with Gasteiger partial charge in [0.25, 0.3) is 0 Å². The summed E-state index contributed by atoms with van der Waals surface area (Å²) in [4.78, 5) is 36.8. The molecule has 0 unspecified atom stereocenters. The first-order chi connectivity index (χ1) is 18.8. The van der Waals surface area contributed by atoms with Crippen LogP contribution >= 0.6 is 0 Å². The molecule has 1 saturated heterocycles. The zero-order valence-electron chi connectivity index (χ0n) is 21.3. The fourth-order valence-corrected chi connectivity index (χ4v) is 5.03. The number of carbonyl (C=O) groups excluding carboxylic acids is 1.